The highest BCUT2D eigenvalue weighted by Crippen LogP contribution is 2.22. The molecule has 2 fully saturated rings. The zero-order valence-electron chi connectivity index (χ0n) is 13.1. The second-order valence-corrected chi connectivity index (χ2v) is 6.37. The van der Waals surface area contributed by atoms with E-state index in [9.17, 15) is 4.79 Å². The van der Waals surface area contributed by atoms with E-state index in [-0.39, 0.29) is 5.91 Å². The molecule has 5 nitrogen and oxygen atoms in total. The lowest BCUT2D eigenvalue weighted by atomic mass is 10.1. The van der Waals surface area contributed by atoms with Gasteiger partial charge in [0.2, 0.25) is 5.91 Å². The van der Waals surface area contributed by atoms with Gasteiger partial charge in [-0.2, -0.15) is 0 Å². The molecule has 2 aliphatic rings. The zero-order valence-corrected chi connectivity index (χ0v) is 13.1. The Hall–Kier alpha value is -1.36. The number of hydrogen-bond donors (Lipinski definition) is 0. The molecule has 3 heterocycles. The first-order valence-electron chi connectivity index (χ1n) is 8.08. The monoisotopic (exact) mass is 291 g/mol. The Morgan fingerprint density at radius 1 is 1.24 bits per heavy atom. The van der Waals surface area contributed by atoms with Crippen molar-refractivity contribution in [1.29, 1.82) is 0 Å². The molecule has 1 atom stereocenters. The summed E-state index contributed by atoms with van der Waals surface area (Å²) < 4.78 is 5.16. The number of hydrogen-bond acceptors (Lipinski definition) is 4. The molecule has 0 bridgehead atoms. The fourth-order valence-corrected chi connectivity index (χ4v) is 3.62. The highest BCUT2D eigenvalue weighted by molar-refractivity contribution is 5.79. The van der Waals surface area contributed by atoms with Crippen LogP contribution in [0.25, 0.3) is 0 Å². The summed E-state index contributed by atoms with van der Waals surface area (Å²) in [4.78, 5) is 17.2. The van der Waals surface area contributed by atoms with Crippen LogP contribution in [0, 0.1) is 13.8 Å². The molecule has 1 aromatic heterocycles. The maximum atomic E-state index is 12.6. The molecule has 1 aromatic rings. The molecule has 0 saturated carbocycles. The number of carbonyl (C=O) groups is 1. The summed E-state index contributed by atoms with van der Waals surface area (Å²) >= 11 is 0. The highest BCUT2D eigenvalue weighted by Gasteiger charge is 2.31. The fourth-order valence-electron chi connectivity index (χ4n) is 3.62. The number of aryl methyl sites for hydroxylation is 2. The van der Waals surface area contributed by atoms with Crippen molar-refractivity contribution in [3.63, 3.8) is 0 Å². The zero-order chi connectivity index (χ0) is 14.8. The molecular formula is C16H25N3O2. The van der Waals surface area contributed by atoms with Gasteiger partial charge in [-0.15, -0.1) is 0 Å². The number of aromatic nitrogens is 1. The first-order chi connectivity index (χ1) is 10.1. The Balaban J connectivity index is 1.62. The molecule has 3 rings (SSSR count). The quantitative estimate of drug-likeness (QED) is 0.850. The number of rotatable bonds is 4. The smallest absolute Gasteiger partial charge is 0.227 e. The van der Waals surface area contributed by atoms with Crippen LogP contribution in [0.15, 0.2) is 4.52 Å². The van der Waals surface area contributed by atoms with Crippen LogP contribution in [0.1, 0.15) is 42.7 Å². The summed E-state index contributed by atoms with van der Waals surface area (Å²) in [6, 6.07) is 0.399. The van der Waals surface area contributed by atoms with Gasteiger partial charge in [0, 0.05) is 24.7 Å². The van der Waals surface area contributed by atoms with E-state index in [1.165, 1.54) is 25.9 Å². The van der Waals surface area contributed by atoms with Gasteiger partial charge in [-0.3, -0.25) is 4.79 Å². The van der Waals surface area contributed by atoms with Crippen LogP contribution in [0.4, 0.5) is 0 Å². The van der Waals surface area contributed by atoms with E-state index in [4.69, 9.17) is 4.52 Å². The van der Waals surface area contributed by atoms with E-state index in [1.807, 2.05) is 13.8 Å². The SMILES string of the molecule is Cc1noc(C)c1CC(=O)N1CCCC1CN1CCCC1. The molecule has 2 aliphatic heterocycles. The molecule has 0 aromatic carbocycles. The second-order valence-electron chi connectivity index (χ2n) is 6.37. The van der Waals surface area contributed by atoms with Gasteiger partial charge in [0.25, 0.3) is 0 Å². The summed E-state index contributed by atoms with van der Waals surface area (Å²) in [6.07, 6.45) is 5.31. The van der Waals surface area contributed by atoms with Crippen molar-refractivity contribution in [2.45, 2.75) is 52.0 Å². The minimum atomic E-state index is 0.228. The van der Waals surface area contributed by atoms with E-state index in [2.05, 4.69) is 15.0 Å². The summed E-state index contributed by atoms with van der Waals surface area (Å²) in [5, 5.41) is 3.94. The van der Waals surface area contributed by atoms with Crippen molar-refractivity contribution in [1.82, 2.24) is 15.0 Å². The van der Waals surface area contributed by atoms with Crippen molar-refractivity contribution in [2.24, 2.45) is 0 Å². The lowest BCUT2D eigenvalue weighted by Gasteiger charge is -2.28. The average Bonchev–Trinajstić information content (AvgIpc) is 3.18. The van der Waals surface area contributed by atoms with E-state index in [0.29, 0.717) is 12.5 Å². The van der Waals surface area contributed by atoms with Crippen LogP contribution in [0.5, 0.6) is 0 Å². The first-order valence-corrected chi connectivity index (χ1v) is 8.08. The summed E-state index contributed by atoms with van der Waals surface area (Å²) in [5.41, 5.74) is 1.81. The molecule has 0 aliphatic carbocycles. The third-order valence-electron chi connectivity index (χ3n) is 4.87. The van der Waals surface area contributed by atoms with Gasteiger partial charge in [-0.05, 0) is 52.6 Å². The lowest BCUT2D eigenvalue weighted by Crippen LogP contribution is -2.43. The van der Waals surface area contributed by atoms with Gasteiger partial charge in [0.1, 0.15) is 5.76 Å². The van der Waals surface area contributed by atoms with Crippen molar-refractivity contribution >= 4 is 5.91 Å². The van der Waals surface area contributed by atoms with Crippen LogP contribution in [-0.4, -0.2) is 53.1 Å². The third kappa shape index (κ3) is 3.12. The van der Waals surface area contributed by atoms with Gasteiger partial charge < -0.3 is 14.3 Å². The molecule has 2 saturated heterocycles. The average molecular weight is 291 g/mol. The molecule has 21 heavy (non-hydrogen) atoms. The van der Waals surface area contributed by atoms with Gasteiger partial charge in [-0.25, -0.2) is 0 Å². The number of nitrogens with zero attached hydrogens (tertiary/aromatic N) is 3. The second kappa shape index (κ2) is 6.18. The fraction of sp³-hybridized carbons (Fsp3) is 0.750. The van der Waals surface area contributed by atoms with E-state index >= 15 is 0 Å². The van der Waals surface area contributed by atoms with Crippen molar-refractivity contribution in [2.75, 3.05) is 26.2 Å². The third-order valence-corrected chi connectivity index (χ3v) is 4.87. The summed E-state index contributed by atoms with van der Waals surface area (Å²) in [5.74, 6) is 1.00. The topological polar surface area (TPSA) is 49.6 Å². The predicted molar refractivity (Wildman–Crippen MR) is 80.1 cm³/mol. The molecular weight excluding hydrogens is 266 g/mol. The minimum absolute atomic E-state index is 0.228. The predicted octanol–water partition coefficient (Wildman–Crippen LogP) is 1.92. The molecule has 0 spiro atoms. The Morgan fingerprint density at radius 2 is 2.00 bits per heavy atom. The minimum Gasteiger partial charge on any atom is -0.361 e. The normalized spacial score (nSPS) is 23.1. The Morgan fingerprint density at radius 3 is 2.67 bits per heavy atom. The van der Waals surface area contributed by atoms with E-state index in [1.54, 1.807) is 0 Å². The molecule has 1 amide bonds. The van der Waals surface area contributed by atoms with Crippen LogP contribution < -0.4 is 0 Å². The lowest BCUT2D eigenvalue weighted by molar-refractivity contribution is -0.131. The van der Waals surface area contributed by atoms with Crippen molar-refractivity contribution < 1.29 is 9.32 Å². The van der Waals surface area contributed by atoms with Crippen molar-refractivity contribution in [3.05, 3.63) is 17.0 Å². The summed E-state index contributed by atoms with van der Waals surface area (Å²) in [7, 11) is 0. The molecule has 0 radical (unpaired) electrons. The van der Waals surface area contributed by atoms with Crippen LogP contribution in [0.2, 0.25) is 0 Å². The Bertz CT molecular complexity index is 486. The molecule has 0 N–H and O–H groups in total. The first kappa shape index (κ1) is 14.6. The number of carbonyl (C=O) groups excluding carboxylic acids is 1. The van der Waals surface area contributed by atoms with Crippen LogP contribution in [0.3, 0.4) is 0 Å². The Labute approximate surface area is 126 Å². The summed E-state index contributed by atoms with van der Waals surface area (Å²) in [6.45, 7) is 8.14. The highest BCUT2D eigenvalue weighted by atomic mass is 16.5. The number of amides is 1. The van der Waals surface area contributed by atoms with Gasteiger partial charge >= 0.3 is 0 Å². The molecule has 1 unspecified atom stereocenters. The van der Waals surface area contributed by atoms with Gasteiger partial charge in [0.15, 0.2) is 0 Å². The number of likely N-dealkylation sites (tertiary alicyclic amines) is 2. The van der Waals surface area contributed by atoms with Crippen molar-refractivity contribution in [3.8, 4) is 0 Å². The van der Waals surface area contributed by atoms with E-state index in [0.717, 1.165) is 42.9 Å². The van der Waals surface area contributed by atoms with Crippen LogP contribution in [-0.2, 0) is 11.2 Å². The maximum Gasteiger partial charge on any atom is 0.227 e. The standard InChI is InChI=1S/C16H25N3O2/c1-12-15(13(2)21-17-12)10-16(20)19-9-5-6-14(19)11-18-7-3-4-8-18/h14H,3-11H2,1-2H3. The van der Waals surface area contributed by atoms with Gasteiger partial charge in [0.05, 0.1) is 12.1 Å². The largest absolute Gasteiger partial charge is 0.361 e. The molecule has 116 valence electrons. The van der Waals surface area contributed by atoms with Gasteiger partial charge in [-0.1, -0.05) is 5.16 Å². The Kier molecular flexibility index (Phi) is 4.29. The molecule has 5 heteroatoms. The van der Waals surface area contributed by atoms with E-state index < -0.39 is 0 Å². The van der Waals surface area contributed by atoms with Crippen LogP contribution >= 0.6 is 0 Å². The maximum absolute atomic E-state index is 12.6.